The van der Waals surface area contributed by atoms with Gasteiger partial charge in [-0.25, -0.2) is 0 Å². The molecule has 1 aromatic carbocycles. The fourth-order valence-corrected chi connectivity index (χ4v) is 2.44. The Morgan fingerprint density at radius 2 is 1.95 bits per heavy atom. The van der Waals surface area contributed by atoms with Crippen molar-refractivity contribution in [3.63, 3.8) is 0 Å². The SMILES string of the molecule is c1ccc2c(c1)C[C@@H](c1nc(-c3ccncc3)no1)N2. The van der Waals surface area contributed by atoms with E-state index >= 15 is 0 Å². The Labute approximate surface area is 115 Å². The molecular formula is C15H12N4O. The quantitative estimate of drug-likeness (QED) is 0.771. The van der Waals surface area contributed by atoms with Gasteiger partial charge in [-0.3, -0.25) is 4.98 Å². The van der Waals surface area contributed by atoms with Gasteiger partial charge in [0.05, 0.1) is 0 Å². The monoisotopic (exact) mass is 264 g/mol. The van der Waals surface area contributed by atoms with E-state index in [-0.39, 0.29) is 6.04 Å². The van der Waals surface area contributed by atoms with Crippen LogP contribution < -0.4 is 5.32 Å². The van der Waals surface area contributed by atoms with Gasteiger partial charge in [0, 0.05) is 30.1 Å². The Morgan fingerprint density at radius 1 is 1.10 bits per heavy atom. The average Bonchev–Trinajstić information content (AvgIpc) is 3.14. The van der Waals surface area contributed by atoms with Crippen LogP contribution in [-0.4, -0.2) is 15.1 Å². The predicted molar refractivity (Wildman–Crippen MR) is 74.0 cm³/mol. The predicted octanol–water partition coefficient (Wildman–Crippen LogP) is 2.84. The van der Waals surface area contributed by atoms with Gasteiger partial charge in [0.2, 0.25) is 11.7 Å². The lowest BCUT2D eigenvalue weighted by atomic mass is 10.1. The third kappa shape index (κ3) is 1.84. The molecule has 0 fully saturated rings. The third-order valence-electron chi connectivity index (χ3n) is 3.45. The summed E-state index contributed by atoms with van der Waals surface area (Å²) in [4.78, 5) is 8.46. The summed E-state index contributed by atoms with van der Waals surface area (Å²) in [5.74, 6) is 1.22. The van der Waals surface area contributed by atoms with Crippen LogP contribution >= 0.6 is 0 Å². The summed E-state index contributed by atoms with van der Waals surface area (Å²) in [5.41, 5.74) is 3.33. The smallest absolute Gasteiger partial charge is 0.249 e. The molecule has 0 unspecified atom stereocenters. The largest absolute Gasteiger partial charge is 0.373 e. The molecule has 3 aromatic rings. The number of rotatable bonds is 2. The molecule has 2 aromatic heterocycles. The van der Waals surface area contributed by atoms with Crippen LogP contribution in [0.25, 0.3) is 11.4 Å². The first-order chi connectivity index (χ1) is 9.90. The van der Waals surface area contributed by atoms with Gasteiger partial charge in [-0.1, -0.05) is 23.4 Å². The summed E-state index contributed by atoms with van der Waals surface area (Å²) in [6.07, 6.45) is 4.30. The van der Waals surface area contributed by atoms with E-state index in [2.05, 4.69) is 32.6 Å². The van der Waals surface area contributed by atoms with Crippen LogP contribution in [0.2, 0.25) is 0 Å². The van der Waals surface area contributed by atoms with Gasteiger partial charge in [-0.15, -0.1) is 0 Å². The van der Waals surface area contributed by atoms with Crippen molar-refractivity contribution in [2.45, 2.75) is 12.5 Å². The number of hydrogen-bond acceptors (Lipinski definition) is 5. The number of nitrogens with zero attached hydrogens (tertiary/aromatic N) is 3. The molecule has 3 heterocycles. The lowest BCUT2D eigenvalue weighted by molar-refractivity contribution is 0.364. The second-order valence-corrected chi connectivity index (χ2v) is 4.75. The van der Waals surface area contributed by atoms with E-state index in [1.165, 1.54) is 5.56 Å². The molecule has 0 saturated carbocycles. The molecular weight excluding hydrogens is 252 g/mol. The number of benzene rings is 1. The summed E-state index contributed by atoms with van der Waals surface area (Å²) in [7, 11) is 0. The first kappa shape index (κ1) is 11.2. The van der Waals surface area contributed by atoms with E-state index in [9.17, 15) is 0 Å². The maximum absolute atomic E-state index is 5.39. The van der Waals surface area contributed by atoms with Gasteiger partial charge in [0.25, 0.3) is 0 Å². The van der Waals surface area contributed by atoms with E-state index in [1.807, 2.05) is 24.3 Å². The maximum atomic E-state index is 5.39. The fourth-order valence-electron chi connectivity index (χ4n) is 2.44. The van der Waals surface area contributed by atoms with E-state index < -0.39 is 0 Å². The topological polar surface area (TPSA) is 63.8 Å². The van der Waals surface area contributed by atoms with Crippen molar-refractivity contribution in [2.75, 3.05) is 5.32 Å². The van der Waals surface area contributed by atoms with Crippen molar-refractivity contribution in [1.82, 2.24) is 15.1 Å². The number of para-hydroxylation sites is 1. The van der Waals surface area contributed by atoms with E-state index in [4.69, 9.17) is 4.52 Å². The Morgan fingerprint density at radius 3 is 2.80 bits per heavy atom. The zero-order valence-electron chi connectivity index (χ0n) is 10.7. The highest BCUT2D eigenvalue weighted by Gasteiger charge is 2.26. The Hall–Kier alpha value is -2.69. The van der Waals surface area contributed by atoms with E-state index in [1.54, 1.807) is 12.4 Å². The molecule has 0 bridgehead atoms. The number of fused-ring (bicyclic) bond motifs is 1. The lowest BCUT2D eigenvalue weighted by Crippen LogP contribution is -2.05. The normalized spacial score (nSPS) is 16.7. The molecule has 0 aliphatic carbocycles. The van der Waals surface area contributed by atoms with Crippen LogP contribution in [0.4, 0.5) is 5.69 Å². The number of anilines is 1. The molecule has 0 saturated heterocycles. The van der Waals surface area contributed by atoms with Crippen LogP contribution in [-0.2, 0) is 6.42 Å². The Kier molecular flexibility index (Phi) is 2.48. The lowest BCUT2D eigenvalue weighted by Gasteiger charge is -2.04. The highest BCUT2D eigenvalue weighted by molar-refractivity contribution is 5.57. The Bertz CT molecular complexity index is 713. The van der Waals surface area contributed by atoms with Crippen LogP contribution in [0.3, 0.4) is 0 Å². The number of aromatic nitrogens is 3. The van der Waals surface area contributed by atoms with Crippen LogP contribution in [0.15, 0.2) is 53.3 Å². The van der Waals surface area contributed by atoms with Gasteiger partial charge in [-0.05, 0) is 23.8 Å². The molecule has 1 aliphatic rings. The number of nitrogens with one attached hydrogen (secondary N) is 1. The van der Waals surface area contributed by atoms with E-state index in [0.29, 0.717) is 11.7 Å². The minimum Gasteiger partial charge on any atom is -0.373 e. The second kappa shape index (κ2) is 4.45. The maximum Gasteiger partial charge on any atom is 0.249 e. The third-order valence-corrected chi connectivity index (χ3v) is 3.45. The van der Waals surface area contributed by atoms with Gasteiger partial charge >= 0.3 is 0 Å². The second-order valence-electron chi connectivity index (χ2n) is 4.75. The highest BCUT2D eigenvalue weighted by Crippen LogP contribution is 2.33. The standard InChI is InChI=1S/C15H12N4O/c1-2-4-12-11(3-1)9-13(17-12)15-18-14(19-20-15)10-5-7-16-8-6-10/h1-8,13,17H,9H2/t13-/m0/s1. The van der Waals surface area contributed by atoms with Crippen molar-refractivity contribution >= 4 is 5.69 Å². The van der Waals surface area contributed by atoms with Crippen molar-refractivity contribution in [1.29, 1.82) is 0 Å². The molecule has 0 radical (unpaired) electrons. The van der Waals surface area contributed by atoms with Crippen molar-refractivity contribution in [3.05, 3.63) is 60.2 Å². The van der Waals surface area contributed by atoms with Gasteiger partial charge < -0.3 is 9.84 Å². The van der Waals surface area contributed by atoms with Crippen molar-refractivity contribution in [2.24, 2.45) is 0 Å². The molecule has 1 N–H and O–H groups in total. The van der Waals surface area contributed by atoms with E-state index in [0.717, 1.165) is 17.7 Å². The fraction of sp³-hybridized carbons (Fsp3) is 0.133. The van der Waals surface area contributed by atoms with Gasteiger partial charge in [-0.2, -0.15) is 4.98 Å². The molecule has 1 atom stereocenters. The van der Waals surface area contributed by atoms with Gasteiger partial charge in [0.15, 0.2) is 0 Å². The van der Waals surface area contributed by atoms with Crippen LogP contribution in [0.1, 0.15) is 17.5 Å². The van der Waals surface area contributed by atoms with Crippen molar-refractivity contribution in [3.8, 4) is 11.4 Å². The summed E-state index contributed by atoms with van der Waals surface area (Å²) >= 11 is 0. The molecule has 4 rings (SSSR count). The van der Waals surface area contributed by atoms with Crippen LogP contribution in [0, 0.1) is 0 Å². The highest BCUT2D eigenvalue weighted by atomic mass is 16.5. The summed E-state index contributed by atoms with van der Waals surface area (Å²) in [6, 6.07) is 12.0. The molecule has 0 spiro atoms. The van der Waals surface area contributed by atoms with Crippen molar-refractivity contribution < 1.29 is 4.52 Å². The minimum absolute atomic E-state index is 0.0514. The first-order valence-electron chi connectivity index (χ1n) is 6.48. The summed E-state index contributed by atoms with van der Waals surface area (Å²) in [6.45, 7) is 0. The molecule has 5 heteroatoms. The summed E-state index contributed by atoms with van der Waals surface area (Å²) in [5, 5.41) is 7.45. The molecule has 5 nitrogen and oxygen atoms in total. The average molecular weight is 264 g/mol. The number of pyridine rings is 1. The summed E-state index contributed by atoms with van der Waals surface area (Å²) < 4.78 is 5.39. The molecule has 0 amide bonds. The first-order valence-corrected chi connectivity index (χ1v) is 6.48. The number of hydrogen-bond donors (Lipinski definition) is 1. The van der Waals surface area contributed by atoms with Crippen LogP contribution in [0.5, 0.6) is 0 Å². The minimum atomic E-state index is 0.0514. The van der Waals surface area contributed by atoms with Gasteiger partial charge in [0.1, 0.15) is 6.04 Å². The molecule has 98 valence electrons. The molecule has 20 heavy (non-hydrogen) atoms. The Balaban J connectivity index is 1.61. The zero-order chi connectivity index (χ0) is 13.4. The molecule has 1 aliphatic heterocycles. The zero-order valence-corrected chi connectivity index (χ0v) is 10.7.